The largest absolute Gasteiger partial charge is 0.419 e. The molecular formula is C28H27F3N4O. The van der Waals surface area contributed by atoms with Crippen LogP contribution in [0.1, 0.15) is 54.9 Å². The Morgan fingerprint density at radius 2 is 1.78 bits per heavy atom. The number of carbonyl (C=O) groups excluding carboxylic acids is 1. The molecule has 1 amide bonds. The number of para-hydroxylation sites is 1. The molecule has 1 atom stereocenters. The van der Waals surface area contributed by atoms with Crippen molar-refractivity contribution in [1.29, 1.82) is 0 Å². The van der Waals surface area contributed by atoms with Crippen molar-refractivity contribution in [3.8, 4) is 5.69 Å². The summed E-state index contributed by atoms with van der Waals surface area (Å²) in [6.45, 7) is 8.56. The van der Waals surface area contributed by atoms with E-state index >= 15 is 0 Å². The second kappa shape index (κ2) is 8.40. The Hall–Kier alpha value is -3.81. The van der Waals surface area contributed by atoms with Gasteiger partial charge in [0.1, 0.15) is 0 Å². The van der Waals surface area contributed by atoms with Crippen molar-refractivity contribution >= 4 is 22.9 Å². The molecule has 1 aliphatic heterocycles. The molecule has 0 saturated heterocycles. The number of hydrogen-bond donors (Lipinski definition) is 1. The zero-order chi connectivity index (χ0) is 25.8. The molecule has 0 aliphatic carbocycles. The van der Waals surface area contributed by atoms with E-state index in [-0.39, 0.29) is 23.3 Å². The summed E-state index contributed by atoms with van der Waals surface area (Å²) in [5, 5.41) is 4.96. The highest BCUT2D eigenvalue weighted by molar-refractivity contribution is 5.97. The lowest BCUT2D eigenvalue weighted by atomic mass is 9.72. The maximum atomic E-state index is 13.8. The third-order valence-corrected chi connectivity index (χ3v) is 6.98. The highest BCUT2D eigenvalue weighted by Gasteiger charge is 2.43. The number of rotatable bonds is 3. The van der Waals surface area contributed by atoms with Gasteiger partial charge in [-0.2, -0.15) is 18.3 Å². The quantitative estimate of drug-likeness (QED) is 0.342. The van der Waals surface area contributed by atoms with E-state index in [2.05, 4.69) is 49.9 Å². The van der Waals surface area contributed by atoms with Gasteiger partial charge in [0.2, 0.25) is 0 Å². The van der Waals surface area contributed by atoms with Gasteiger partial charge in [-0.25, -0.2) is 4.68 Å². The number of alkyl halides is 3. The molecule has 1 N–H and O–H groups in total. The van der Waals surface area contributed by atoms with E-state index < -0.39 is 11.7 Å². The Labute approximate surface area is 207 Å². The highest BCUT2D eigenvalue weighted by Crippen LogP contribution is 2.43. The molecule has 4 aromatic rings. The first-order valence-electron chi connectivity index (χ1n) is 11.8. The van der Waals surface area contributed by atoms with Gasteiger partial charge in [-0.15, -0.1) is 0 Å². The maximum absolute atomic E-state index is 13.8. The molecule has 0 fully saturated rings. The summed E-state index contributed by atoms with van der Waals surface area (Å²) >= 11 is 0. The van der Waals surface area contributed by atoms with E-state index in [9.17, 15) is 18.0 Å². The van der Waals surface area contributed by atoms with Crippen LogP contribution in [0.2, 0.25) is 0 Å². The molecule has 1 unspecified atom stereocenters. The number of H-pyrrole nitrogens is 1. The van der Waals surface area contributed by atoms with Crippen LogP contribution in [0.15, 0.2) is 67.1 Å². The van der Waals surface area contributed by atoms with E-state index in [0.29, 0.717) is 11.3 Å². The zero-order valence-corrected chi connectivity index (χ0v) is 20.5. The van der Waals surface area contributed by atoms with E-state index in [4.69, 9.17) is 0 Å². The fourth-order valence-electron chi connectivity index (χ4n) is 5.59. The minimum Gasteiger partial charge on any atom is -0.355 e. The minimum absolute atomic E-state index is 0.137. The average molecular weight is 493 g/mol. The van der Waals surface area contributed by atoms with Crippen LogP contribution in [-0.2, 0) is 11.6 Å². The summed E-state index contributed by atoms with van der Waals surface area (Å²) in [6, 6.07) is 14.5. The van der Waals surface area contributed by atoms with Crippen LogP contribution in [-0.4, -0.2) is 31.6 Å². The first-order chi connectivity index (χ1) is 17.0. The standard InChI is InChI=1S/C28H27F3N4O/c1-17(2)25-27(3,4)24-21-7-5-6-8-22(21)33-23(24)13-14-34(25)26(36)18-9-11-20(12-10-18)35-16-19(15-32-35)28(29,30)31/h5-17,25,33H,1-4H3. The van der Waals surface area contributed by atoms with Crippen molar-refractivity contribution in [3.05, 3.63) is 89.5 Å². The fourth-order valence-corrected chi connectivity index (χ4v) is 5.59. The second-order valence-corrected chi connectivity index (χ2v) is 10.1. The second-order valence-electron chi connectivity index (χ2n) is 10.1. The van der Waals surface area contributed by atoms with Crippen molar-refractivity contribution in [1.82, 2.24) is 19.7 Å². The molecule has 2 aromatic heterocycles. The van der Waals surface area contributed by atoms with E-state index in [0.717, 1.165) is 33.7 Å². The van der Waals surface area contributed by atoms with Gasteiger partial charge in [0.15, 0.2) is 0 Å². The Balaban J connectivity index is 1.50. The predicted molar refractivity (Wildman–Crippen MR) is 134 cm³/mol. The van der Waals surface area contributed by atoms with Crippen molar-refractivity contribution in [2.24, 2.45) is 5.92 Å². The van der Waals surface area contributed by atoms with Gasteiger partial charge in [0.25, 0.3) is 5.91 Å². The summed E-state index contributed by atoms with van der Waals surface area (Å²) < 4.78 is 40.0. The molecule has 5 rings (SSSR count). The van der Waals surface area contributed by atoms with Gasteiger partial charge >= 0.3 is 6.18 Å². The average Bonchev–Trinajstić information content (AvgIpc) is 3.44. The van der Waals surface area contributed by atoms with Crippen molar-refractivity contribution in [2.75, 3.05) is 0 Å². The lowest BCUT2D eigenvalue weighted by Gasteiger charge is -2.42. The monoisotopic (exact) mass is 492 g/mol. The predicted octanol–water partition coefficient (Wildman–Crippen LogP) is 6.80. The van der Waals surface area contributed by atoms with E-state index in [1.807, 2.05) is 24.4 Å². The van der Waals surface area contributed by atoms with E-state index in [1.54, 1.807) is 29.2 Å². The van der Waals surface area contributed by atoms with Gasteiger partial charge in [-0.3, -0.25) is 4.79 Å². The third-order valence-electron chi connectivity index (χ3n) is 6.98. The molecule has 3 heterocycles. The topological polar surface area (TPSA) is 53.9 Å². The molecule has 0 radical (unpaired) electrons. The fraction of sp³-hybridized carbons (Fsp3) is 0.286. The summed E-state index contributed by atoms with van der Waals surface area (Å²) in [7, 11) is 0. The molecule has 0 bridgehead atoms. The molecule has 8 heteroatoms. The number of carbonyl (C=O) groups is 1. The number of nitrogens with zero attached hydrogens (tertiary/aromatic N) is 3. The molecule has 36 heavy (non-hydrogen) atoms. The van der Waals surface area contributed by atoms with Gasteiger partial charge in [-0.05, 0) is 47.9 Å². The van der Waals surface area contributed by atoms with Crippen LogP contribution in [0, 0.1) is 5.92 Å². The summed E-state index contributed by atoms with van der Waals surface area (Å²) in [4.78, 5) is 19.1. The Kier molecular flexibility index (Phi) is 5.58. The van der Waals surface area contributed by atoms with Crippen LogP contribution in [0.25, 0.3) is 22.7 Å². The Morgan fingerprint density at radius 3 is 2.42 bits per heavy atom. The van der Waals surface area contributed by atoms with E-state index in [1.165, 1.54) is 5.56 Å². The molecule has 186 valence electrons. The first kappa shape index (κ1) is 23.9. The maximum Gasteiger partial charge on any atom is 0.419 e. The number of nitrogens with one attached hydrogen (secondary N) is 1. The van der Waals surface area contributed by atoms with Crippen molar-refractivity contribution < 1.29 is 18.0 Å². The lowest BCUT2D eigenvalue weighted by molar-refractivity contribution is -0.137. The number of fused-ring (bicyclic) bond motifs is 3. The molecule has 5 nitrogen and oxygen atoms in total. The zero-order valence-electron chi connectivity index (χ0n) is 20.5. The summed E-state index contributed by atoms with van der Waals surface area (Å²) in [5.41, 5.74) is 2.92. The normalized spacial score (nSPS) is 17.4. The third kappa shape index (κ3) is 3.90. The van der Waals surface area contributed by atoms with Crippen molar-refractivity contribution in [3.63, 3.8) is 0 Å². The highest BCUT2D eigenvalue weighted by atomic mass is 19.4. The smallest absolute Gasteiger partial charge is 0.355 e. The number of halogens is 3. The van der Waals surface area contributed by atoms with Crippen LogP contribution in [0.4, 0.5) is 13.2 Å². The van der Waals surface area contributed by atoms with Gasteiger partial charge in [-0.1, -0.05) is 45.9 Å². The molecule has 2 aromatic carbocycles. The van der Waals surface area contributed by atoms with Crippen LogP contribution < -0.4 is 0 Å². The number of benzene rings is 2. The van der Waals surface area contributed by atoms with Crippen molar-refractivity contribution in [2.45, 2.75) is 45.3 Å². The van der Waals surface area contributed by atoms with Gasteiger partial charge in [0.05, 0.1) is 17.4 Å². The van der Waals surface area contributed by atoms with Crippen LogP contribution in [0.3, 0.4) is 0 Å². The Bertz CT molecular complexity index is 1460. The molecule has 0 spiro atoms. The van der Waals surface area contributed by atoms with Crippen LogP contribution in [0.5, 0.6) is 0 Å². The number of amides is 1. The number of hydrogen-bond acceptors (Lipinski definition) is 2. The SMILES string of the molecule is CC(C)C1N(C(=O)c2ccc(-n3cc(C(F)(F)F)cn3)cc2)C=Cc2[nH]c3ccccc3c2C1(C)C. The number of aromatic amines is 1. The van der Waals surface area contributed by atoms with Crippen LogP contribution >= 0.6 is 0 Å². The number of aromatic nitrogens is 3. The minimum atomic E-state index is -4.46. The summed E-state index contributed by atoms with van der Waals surface area (Å²) in [6.07, 6.45) is 1.05. The molecular weight excluding hydrogens is 465 g/mol. The lowest BCUT2D eigenvalue weighted by Crippen LogP contribution is -2.50. The first-order valence-corrected chi connectivity index (χ1v) is 11.8. The summed E-state index contributed by atoms with van der Waals surface area (Å²) in [5.74, 6) is -0.0205. The Morgan fingerprint density at radius 1 is 1.08 bits per heavy atom. The van der Waals surface area contributed by atoms with Gasteiger partial charge in [0, 0.05) is 46.0 Å². The van der Waals surface area contributed by atoms with Gasteiger partial charge < -0.3 is 9.88 Å². The molecule has 0 saturated carbocycles. The molecule has 1 aliphatic rings.